The van der Waals surface area contributed by atoms with Crippen molar-refractivity contribution in [2.45, 2.75) is 12.8 Å². The Morgan fingerprint density at radius 1 is 0.689 bits per heavy atom. The van der Waals surface area contributed by atoms with Gasteiger partial charge < -0.3 is 28.4 Å². The molecule has 10 nitrogen and oxygen atoms in total. The summed E-state index contributed by atoms with van der Waals surface area (Å²) in [4.78, 5) is 46.3. The van der Waals surface area contributed by atoms with Crippen molar-refractivity contribution in [1.29, 1.82) is 0 Å². The highest BCUT2D eigenvalue weighted by Crippen LogP contribution is 2.25. The van der Waals surface area contributed by atoms with Crippen LogP contribution in [0.3, 0.4) is 0 Å². The van der Waals surface area contributed by atoms with E-state index in [1.165, 1.54) is 13.2 Å². The summed E-state index contributed by atoms with van der Waals surface area (Å²) >= 11 is 0. The first-order valence-corrected chi connectivity index (χ1v) is 13.9. The van der Waals surface area contributed by atoms with Crippen LogP contribution in [-0.4, -0.2) is 57.4 Å². The van der Waals surface area contributed by atoms with Crippen LogP contribution in [0.2, 0.25) is 0 Å². The number of rotatable bonds is 17. The van der Waals surface area contributed by atoms with Gasteiger partial charge in [-0.2, -0.15) is 0 Å². The summed E-state index contributed by atoms with van der Waals surface area (Å²) in [7, 11) is 1.24. The maximum absolute atomic E-state index is 12.3. The molecule has 0 saturated carbocycles. The minimum atomic E-state index is -0.639. The molecule has 3 aromatic carbocycles. The number of carbonyl (C=O) groups excluding carboxylic acids is 4. The smallest absolute Gasteiger partial charge is 0.336 e. The first-order chi connectivity index (χ1) is 21.8. The molecule has 0 amide bonds. The zero-order chi connectivity index (χ0) is 32.4. The largest absolute Gasteiger partial charge is 0.493 e. The van der Waals surface area contributed by atoms with Gasteiger partial charge in [-0.1, -0.05) is 49.6 Å². The second-order valence-electron chi connectivity index (χ2n) is 9.29. The van der Waals surface area contributed by atoms with E-state index in [1.54, 1.807) is 42.5 Å². The molecule has 0 spiro atoms. The molecule has 0 aromatic heterocycles. The van der Waals surface area contributed by atoms with Crippen LogP contribution in [0.1, 0.15) is 18.4 Å². The molecule has 0 unspecified atom stereocenters. The van der Waals surface area contributed by atoms with Crippen LogP contribution < -0.4 is 14.2 Å². The summed E-state index contributed by atoms with van der Waals surface area (Å²) < 4.78 is 31.0. The fraction of sp³-hybridized carbons (Fsp3) is 0.200. The molecule has 0 heterocycles. The minimum absolute atomic E-state index is 0.0376. The molecule has 0 aliphatic heterocycles. The third kappa shape index (κ3) is 12.2. The molecule has 0 fully saturated rings. The molecule has 3 aromatic rings. The Bertz CT molecular complexity index is 1490. The number of methoxy groups -OCH3 is 1. The van der Waals surface area contributed by atoms with Gasteiger partial charge in [0.15, 0.2) is 0 Å². The molecule has 0 aliphatic rings. The van der Waals surface area contributed by atoms with Crippen molar-refractivity contribution in [3.8, 4) is 28.4 Å². The Kier molecular flexibility index (Phi) is 13.6. The molecule has 3 rings (SSSR count). The van der Waals surface area contributed by atoms with Crippen LogP contribution in [0, 0.1) is 0 Å². The van der Waals surface area contributed by atoms with E-state index < -0.39 is 23.9 Å². The lowest BCUT2D eigenvalue weighted by Crippen LogP contribution is -2.13. The predicted octanol–water partition coefficient (Wildman–Crippen LogP) is 5.51. The summed E-state index contributed by atoms with van der Waals surface area (Å²) in [6.07, 6.45) is 4.31. The Morgan fingerprint density at radius 3 is 1.87 bits per heavy atom. The maximum atomic E-state index is 12.3. The normalized spacial score (nSPS) is 10.4. The monoisotopic (exact) mass is 614 g/mol. The number of ether oxygens (including phenoxy) is 6. The lowest BCUT2D eigenvalue weighted by Gasteiger charge is -2.09. The third-order valence-corrected chi connectivity index (χ3v) is 5.98. The van der Waals surface area contributed by atoms with Crippen molar-refractivity contribution in [2.24, 2.45) is 0 Å². The summed E-state index contributed by atoms with van der Waals surface area (Å²) in [6, 6.07) is 21.7. The molecule has 0 radical (unpaired) electrons. The quantitative estimate of drug-likeness (QED) is 0.0632. The van der Waals surface area contributed by atoms with E-state index in [4.69, 9.17) is 23.7 Å². The lowest BCUT2D eigenvalue weighted by molar-refractivity contribution is -0.144. The van der Waals surface area contributed by atoms with Crippen molar-refractivity contribution in [3.05, 3.63) is 109 Å². The molecule has 234 valence electrons. The van der Waals surface area contributed by atoms with Gasteiger partial charge >= 0.3 is 23.9 Å². The van der Waals surface area contributed by atoms with E-state index in [-0.39, 0.29) is 31.8 Å². The SMILES string of the molecule is C=CC(=O)OCCOc1ccc(/C=C/C(=O)Oc2ccc(-c3ccc(OCCCOC(=O)C(=C)CC(=O)OC)cc3)cc2)cc1. The van der Waals surface area contributed by atoms with Gasteiger partial charge in [0.1, 0.15) is 30.5 Å². The Balaban J connectivity index is 1.38. The van der Waals surface area contributed by atoms with Gasteiger partial charge in [0.05, 0.1) is 26.7 Å². The van der Waals surface area contributed by atoms with Gasteiger partial charge in [-0.25, -0.2) is 14.4 Å². The van der Waals surface area contributed by atoms with Crippen molar-refractivity contribution in [2.75, 3.05) is 33.5 Å². The standard InChI is InChI=1S/C35H34O10/c1-4-32(36)43-23-22-42-29-13-6-26(7-14-29)8-19-33(37)45-31-17-11-28(12-18-31)27-9-15-30(16-10-27)41-20-5-21-44-35(39)25(2)24-34(38)40-3/h4,6-19H,1-2,5,20-24H2,3H3/b19-8+. The molecular weight excluding hydrogens is 580 g/mol. The van der Waals surface area contributed by atoms with Crippen LogP contribution in [0.4, 0.5) is 0 Å². The van der Waals surface area contributed by atoms with Gasteiger partial charge in [-0.05, 0) is 59.2 Å². The van der Waals surface area contributed by atoms with Crippen LogP contribution in [0.25, 0.3) is 17.2 Å². The molecule has 0 aliphatic carbocycles. The summed E-state index contributed by atoms with van der Waals surface area (Å²) in [5.74, 6) is -0.549. The minimum Gasteiger partial charge on any atom is -0.493 e. The lowest BCUT2D eigenvalue weighted by atomic mass is 10.1. The molecule has 0 bridgehead atoms. The summed E-state index contributed by atoms with van der Waals surface area (Å²) in [5.41, 5.74) is 2.69. The average molecular weight is 615 g/mol. The third-order valence-electron chi connectivity index (χ3n) is 5.98. The second-order valence-corrected chi connectivity index (χ2v) is 9.29. The van der Waals surface area contributed by atoms with Crippen LogP contribution in [-0.2, 0) is 33.4 Å². The van der Waals surface area contributed by atoms with Gasteiger partial charge in [0.25, 0.3) is 0 Å². The first-order valence-electron chi connectivity index (χ1n) is 13.9. The second kappa shape index (κ2) is 18.1. The maximum Gasteiger partial charge on any atom is 0.336 e. The molecule has 10 heteroatoms. The van der Waals surface area contributed by atoms with Crippen LogP contribution >= 0.6 is 0 Å². The molecule has 0 saturated heterocycles. The summed E-state index contributed by atoms with van der Waals surface area (Å²) in [5, 5.41) is 0. The highest BCUT2D eigenvalue weighted by molar-refractivity contribution is 5.93. The van der Waals surface area contributed by atoms with Crippen LogP contribution in [0.5, 0.6) is 17.2 Å². The van der Waals surface area contributed by atoms with E-state index in [1.807, 2.05) is 36.4 Å². The highest BCUT2D eigenvalue weighted by atomic mass is 16.6. The van der Waals surface area contributed by atoms with Crippen molar-refractivity contribution < 1.29 is 47.6 Å². The first kappa shape index (κ1) is 33.9. The summed E-state index contributed by atoms with van der Waals surface area (Å²) in [6.45, 7) is 7.64. The van der Waals surface area contributed by atoms with E-state index in [0.29, 0.717) is 30.3 Å². The highest BCUT2D eigenvalue weighted by Gasteiger charge is 2.13. The van der Waals surface area contributed by atoms with Crippen LogP contribution in [0.15, 0.2) is 104 Å². The van der Waals surface area contributed by atoms with E-state index in [0.717, 1.165) is 22.8 Å². The van der Waals surface area contributed by atoms with Crippen molar-refractivity contribution >= 4 is 30.0 Å². The Hall–Kier alpha value is -5.64. The zero-order valence-corrected chi connectivity index (χ0v) is 24.9. The van der Waals surface area contributed by atoms with Gasteiger partial charge in [0.2, 0.25) is 0 Å². The molecule has 0 N–H and O–H groups in total. The number of carbonyl (C=O) groups is 4. The zero-order valence-electron chi connectivity index (χ0n) is 24.9. The molecule has 0 atom stereocenters. The van der Waals surface area contributed by atoms with Crippen molar-refractivity contribution in [1.82, 2.24) is 0 Å². The average Bonchev–Trinajstić information content (AvgIpc) is 3.06. The topological polar surface area (TPSA) is 124 Å². The number of benzene rings is 3. The van der Waals surface area contributed by atoms with Gasteiger partial charge in [0, 0.05) is 24.1 Å². The molecule has 45 heavy (non-hydrogen) atoms. The van der Waals surface area contributed by atoms with Crippen molar-refractivity contribution in [3.63, 3.8) is 0 Å². The van der Waals surface area contributed by atoms with Gasteiger partial charge in [-0.3, -0.25) is 4.79 Å². The van der Waals surface area contributed by atoms with E-state index in [9.17, 15) is 19.2 Å². The fourth-order valence-corrected chi connectivity index (χ4v) is 3.64. The van der Waals surface area contributed by atoms with Gasteiger partial charge in [-0.15, -0.1) is 0 Å². The van der Waals surface area contributed by atoms with E-state index in [2.05, 4.69) is 17.9 Å². The van der Waals surface area contributed by atoms with E-state index >= 15 is 0 Å². The fourth-order valence-electron chi connectivity index (χ4n) is 3.64. The Morgan fingerprint density at radius 2 is 1.27 bits per heavy atom. The number of hydrogen-bond donors (Lipinski definition) is 0. The number of esters is 4. The molecular formula is C35H34O10. The predicted molar refractivity (Wildman–Crippen MR) is 166 cm³/mol. The number of hydrogen-bond acceptors (Lipinski definition) is 10. The Labute approximate surface area is 261 Å².